The van der Waals surface area contributed by atoms with Gasteiger partial charge in [-0.15, -0.1) is 0 Å². The van der Waals surface area contributed by atoms with Crippen molar-refractivity contribution < 1.29 is 13.2 Å². The number of amides is 1. The van der Waals surface area contributed by atoms with Crippen molar-refractivity contribution >= 4 is 38.0 Å². The minimum atomic E-state index is -3.60. The summed E-state index contributed by atoms with van der Waals surface area (Å²) in [6.07, 6.45) is 0.936. The standard InChI is InChI=1S/C22H25N3O4S2/c1-17-16-30-22(27)25(17)10-4-7-21(26)23-11-13-24(14-12-23)31(28,29)20-9-8-18-5-2-3-6-19(18)15-20/h2-3,5-6,8-9,15-16H,4,7,10-14H2,1H3. The molecule has 164 valence electrons. The maximum absolute atomic E-state index is 13.1. The lowest BCUT2D eigenvalue weighted by atomic mass is 10.1. The SMILES string of the molecule is Cc1csc(=O)n1CCCC(=O)N1CCN(S(=O)(=O)c2ccc3ccccc3c2)CC1. The van der Waals surface area contributed by atoms with E-state index in [1.165, 1.54) is 15.6 Å². The molecule has 1 aliphatic heterocycles. The summed E-state index contributed by atoms with van der Waals surface area (Å²) in [6, 6.07) is 12.8. The van der Waals surface area contributed by atoms with Gasteiger partial charge in [0.2, 0.25) is 15.9 Å². The highest BCUT2D eigenvalue weighted by atomic mass is 32.2. The van der Waals surface area contributed by atoms with Crippen LogP contribution >= 0.6 is 11.3 Å². The first-order valence-corrected chi connectivity index (χ1v) is 12.6. The molecule has 0 radical (unpaired) electrons. The second kappa shape index (κ2) is 8.94. The molecule has 1 saturated heterocycles. The van der Waals surface area contributed by atoms with E-state index in [1.807, 2.05) is 42.6 Å². The van der Waals surface area contributed by atoms with Gasteiger partial charge in [0.05, 0.1) is 4.90 Å². The zero-order valence-corrected chi connectivity index (χ0v) is 19.0. The summed E-state index contributed by atoms with van der Waals surface area (Å²) in [5.41, 5.74) is 0.912. The minimum Gasteiger partial charge on any atom is -0.340 e. The first-order chi connectivity index (χ1) is 14.9. The number of hydrogen-bond acceptors (Lipinski definition) is 5. The number of aromatic nitrogens is 1. The van der Waals surface area contributed by atoms with Crippen LogP contribution in [0.15, 0.2) is 57.5 Å². The Kier molecular flexibility index (Phi) is 6.27. The topological polar surface area (TPSA) is 79.7 Å². The Bertz CT molecular complexity index is 1250. The van der Waals surface area contributed by atoms with Crippen molar-refractivity contribution in [1.82, 2.24) is 13.8 Å². The molecule has 1 aliphatic rings. The molecule has 0 spiro atoms. The van der Waals surface area contributed by atoms with Gasteiger partial charge in [0, 0.05) is 50.2 Å². The van der Waals surface area contributed by atoms with Gasteiger partial charge in [0.15, 0.2) is 0 Å². The molecule has 2 heterocycles. The van der Waals surface area contributed by atoms with Crippen molar-refractivity contribution in [2.45, 2.75) is 31.2 Å². The fourth-order valence-electron chi connectivity index (χ4n) is 3.88. The molecule has 1 aromatic heterocycles. The van der Waals surface area contributed by atoms with E-state index in [4.69, 9.17) is 0 Å². The lowest BCUT2D eigenvalue weighted by molar-refractivity contribution is -0.132. The summed E-state index contributed by atoms with van der Waals surface area (Å²) in [7, 11) is -3.60. The number of rotatable bonds is 6. The number of carbonyl (C=O) groups excluding carboxylic acids is 1. The molecule has 9 heteroatoms. The first kappa shape index (κ1) is 21.7. The molecule has 1 fully saturated rings. The third-order valence-corrected chi connectivity index (χ3v) is 8.47. The number of piperazine rings is 1. The van der Waals surface area contributed by atoms with Crippen LogP contribution in [-0.4, -0.2) is 54.3 Å². The van der Waals surface area contributed by atoms with Crippen molar-refractivity contribution in [2.75, 3.05) is 26.2 Å². The number of thiazole rings is 1. The quantitative estimate of drug-likeness (QED) is 0.568. The Hall–Kier alpha value is -2.49. The van der Waals surface area contributed by atoms with Gasteiger partial charge in [0.1, 0.15) is 0 Å². The van der Waals surface area contributed by atoms with Crippen LogP contribution in [0.1, 0.15) is 18.5 Å². The van der Waals surface area contributed by atoms with Gasteiger partial charge in [-0.25, -0.2) is 8.42 Å². The third kappa shape index (κ3) is 4.58. The molecule has 31 heavy (non-hydrogen) atoms. The molecule has 4 rings (SSSR count). The number of aryl methyl sites for hydroxylation is 1. The van der Waals surface area contributed by atoms with Crippen LogP contribution in [0.3, 0.4) is 0 Å². The molecule has 0 saturated carbocycles. The predicted molar refractivity (Wildman–Crippen MR) is 122 cm³/mol. The van der Waals surface area contributed by atoms with Gasteiger partial charge >= 0.3 is 4.87 Å². The van der Waals surface area contributed by atoms with Crippen molar-refractivity contribution in [2.24, 2.45) is 0 Å². The molecule has 3 aromatic rings. The monoisotopic (exact) mass is 459 g/mol. The average molecular weight is 460 g/mol. The minimum absolute atomic E-state index is 0.00235. The Labute approximate surface area is 185 Å². The van der Waals surface area contributed by atoms with E-state index in [9.17, 15) is 18.0 Å². The molecule has 1 amide bonds. The lowest BCUT2D eigenvalue weighted by Crippen LogP contribution is -2.50. The van der Waals surface area contributed by atoms with Gasteiger partial charge < -0.3 is 9.47 Å². The lowest BCUT2D eigenvalue weighted by Gasteiger charge is -2.34. The summed E-state index contributed by atoms with van der Waals surface area (Å²) >= 11 is 1.17. The highest BCUT2D eigenvalue weighted by Crippen LogP contribution is 2.23. The Morgan fingerprint density at radius 2 is 1.74 bits per heavy atom. The number of carbonyl (C=O) groups is 1. The molecule has 0 unspecified atom stereocenters. The van der Waals surface area contributed by atoms with E-state index in [-0.39, 0.29) is 28.8 Å². The van der Waals surface area contributed by atoms with Gasteiger partial charge in [-0.2, -0.15) is 4.31 Å². The Balaban J connectivity index is 1.34. The van der Waals surface area contributed by atoms with Crippen molar-refractivity contribution in [3.05, 3.63) is 63.2 Å². The maximum atomic E-state index is 13.1. The van der Waals surface area contributed by atoms with Gasteiger partial charge in [-0.05, 0) is 36.2 Å². The maximum Gasteiger partial charge on any atom is 0.307 e. The summed E-state index contributed by atoms with van der Waals surface area (Å²) < 4.78 is 29.3. The Morgan fingerprint density at radius 1 is 1.03 bits per heavy atom. The van der Waals surface area contributed by atoms with Crippen LogP contribution in [0.4, 0.5) is 0 Å². The zero-order valence-electron chi connectivity index (χ0n) is 17.4. The smallest absolute Gasteiger partial charge is 0.307 e. The van der Waals surface area contributed by atoms with E-state index in [1.54, 1.807) is 21.6 Å². The van der Waals surface area contributed by atoms with Crippen molar-refractivity contribution in [3.8, 4) is 0 Å². The van der Waals surface area contributed by atoms with E-state index >= 15 is 0 Å². The highest BCUT2D eigenvalue weighted by Gasteiger charge is 2.30. The van der Waals surface area contributed by atoms with Crippen LogP contribution in [0.5, 0.6) is 0 Å². The van der Waals surface area contributed by atoms with Crippen LogP contribution in [-0.2, 0) is 21.4 Å². The fraction of sp³-hybridized carbons (Fsp3) is 0.364. The molecule has 0 aliphatic carbocycles. The van der Waals surface area contributed by atoms with Gasteiger partial charge in [-0.3, -0.25) is 9.59 Å². The third-order valence-electron chi connectivity index (χ3n) is 5.70. The average Bonchev–Trinajstić information content (AvgIpc) is 3.11. The molecular weight excluding hydrogens is 434 g/mol. The zero-order chi connectivity index (χ0) is 22.0. The summed E-state index contributed by atoms with van der Waals surface area (Å²) in [4.78, 5) is 26.3. The summed E-state index contributed by atoms with van der Waals surface area (Å²) in [5.74, 6) is 0.00341. The van der Waals surface area contributed by atoms with Crippen molar-refractivity contribution in [1.29, 1.82) is 0 Å². The first-order valence-electron chi connectivity index (χ1n) is 10.3. The van der Waals surface area contributed by atoms with E-state index in [2.05, 4.69) is 0 Å². The number of sulfonamides is 1. The van der Waals surface area contributed by atoms with Crippen LogP contribution in [0.2, 0.25) is 0 Å². The molecular formula is C22H25N3O4S2. The normalized spacial score (nSPS) is 15.5. The number of benzene rings is 2. The number of nitrogens with zero attached hydrogens (tertiary/aromatic N) is 3. The van der Waals surface area contributed by atoms with E-state index < -0.39 is 10.0 Å². The second-order valence-corrected chi connectivity index (χ2v) is 10.5. The summed E-state index contributed by atoms with van der Waals surface area (Å²) in [6.45, 7) is 3.73. The molecule has 7 nitrogen and oxygen atoms in total. The van der Waals surface area contributed by atoms with Crippen molar-refractivity contribution in [3.63, 3.8) is 0 Å². The van der Waals surface area contributed by atoms with Gasteiger partial charge in [-0.1, -0.05) is 41.7 Å². The van der Waals surface area contributed by atoms with Gasteiger partial charge in [0.25, 0.3) is 0 Å². The molecule has 0 bridgehead atoms. The summed E-state index contributed by atoms with van der Waals surface area (Å²) in [5, 5.41) is 3.70. The van der Waals surface area contributed by atoms with Crippen LogP contribution in [0.25, 0.3) is 10.8 Å². The number of hydrogen-bond donors (Lipinski definition) is 0. The highest BCUT2D eigenvalue weighted by molar-refractivity contribution is 7.89. The molecule has 2 aromatic carbocycles. The largest absolute Gasteiger partial charge is 0.340 e. The molecule has 0 N–H and O–H groups in total. The van der Waals surface area contributed by atoms with E-state index in [0.717, 1.165) is 16.5 Å². The van der Waals surface area contributed by atoms with Crippen LogP contribution in [0, 0.1) is 6.92 Å². The fourth-order valence-corrected chi connectivity index (χ4v) is 6.10. The predicted octanol–water partition coefficient (Wildman–Crippen LogP) is 2.68. The Morgan fingerprint density at radius 3 is 2.42 bits per heavy atom. The molecule has 0 atom stereocenters. The number of fused-ring (bicyclic) bond motifs is 1. The van der Waals surface area contributed by atoms with Crippen LogP contribution < -0.4 is 4.87 Å². The van der Waals surface area contributed by atoms with E-state index in [0.29, 0.717) is 32.5 Å². The second-order valence-electron chi connectivity index (χ2n) is 7.69.